The predicted octanol–water partition coefficient (Wildman–Crippen LogP) is 2.91. The molecule has 0 bridgehead atoms. The standard InChI is InChI=1S/C15H19F3NO6P/c1-3-23-13(20)11(2)24-26(22,25-12-7-5-4-6-8-12)10-9-19-14(21)15(16,17)18/h4-8,11H,3,9-10H2,1-2H3,(H,19,21)/t11-,26?/m0/s1. The third-order valence-electron chi connectivity index (χ3n) is 2.85. The number of carbonyl (C=O) groups is 2. The minimum Gasteiger partial charge on any atom is -0.464 e. The molecule has 0 fully saturated rings. The van der Waals surface area contributed by atoms with Crippen LogP contribution in [0.4, 0.5) is 13.2 Å². The molecule has 0 aliphatic heterocycles. The van der Waals surface area contributed by atoms with Gasteiger partial charge in [0.05, 0.1) is 12.8 Å². The van der Waals surface area contributed by atoms with E-state index in [-0.39, 0.29) is 12.4 Å². The lowest BCUT2D eigenvalue weighted by molar-refractivity contribution is -0.173. The Morgan fingerprint density at radius 2 is 1.85 bits per heavy atom. The number of hydrogen-bond acceptors (Lipinski definition) is 6. The third-order valence-corrected chi connectivity index (χ3v) is 4.75. The average Bonchev–Trinajstić information content (AvgIpc) is 2.54. The van der Waals surface area contributed by atoms with Crippen molar-refractivity contribution < 1.29 is 41.1 Å². The Labute approximate surface area is 148 Å². The summed E-state index contributed by atoms with van der Waals surface area (Å²) in [6.45, 7) is 2.28. The molecule has 146 valence electrons. The first-order valence-corrected chi connectivity index (χ1v) is 9.34. The van der Waals surface area contributed by atoms with Crippen LogP contribution in [0.25, 0.3) is 0 Å². The van der Waals surface area contributed by atoms with Crippen molar-refractivity contribution in [2.45, 2.75) is 26.1 Å². The van der Waals surface area contributed by atoms with Crippen LogP contribution >= 0.6 is 7.60 Å². The normalized spacial score (nSPS) is 14.8. The summed E-state index contributed by atoms with van der Waals surface area (Å²) in [6, 6.07) is 7.75. The molecule has 2 atom stereocenters. The smallest absolute Gasteiger partial charge is 0.464 e. The van der Waals surface area contributed by atoms with Crippen molar-refractivity contribution in [3.05, 3.63) is 30.3 Å². The SMILES string of the molecule is CCOC(=O)[C@H](C)OP(=O)(CCNC(=O)C(F)(F)F)Oc1ccccc1. The van der Waals surface area contributed by atoms with Crippen LogP contribution in [0.1, 0.15) is 13.8 Å². The lowest BCUT2D eigenvalue weighted by Gasteiger charge is -2.22. The second kappa shape index (κ2) is 9.59. The Kier molecular flexibility index (Phi) is 8.10. The molecular formula is C15H19F3NO6P. The van der Waals surface area contributed by atoms with E-state index < -0.39 is 44.5 Å². The molecule has 0 aliphatic rings. The fourth-order valence-electron chi connectivity index (χ4n) is 1.71. The van der Waals surface area contributed by atoms with Gasteiger partial charge in [-0.25, -0.2) is 9.36 Å². The van der Waals surface area contributed by atoms with Crippen molar-refractivity contribution in [1.82, 2.24) is 5.32 Å². The largest absolute Gasteiger partial charge is 0.471 e. The third kappa shape index (κ3) is 7.45. The molecule has 0 radical (unpaired) electrons. The molecule has 26 heavy (non-hydrogen) atoms. The van der Waals surface area contributed by atoms with Gasteiger partial charge >= 0.3 is 25.6 Å². The first-order chi connectivity index (χ1) is 12.1. The maximum atomic E-state index is 12.8. The summed E-state index contributed by atoms with van der Waals surface area (Å²) in [7, 11) is -4.07. The minimum absolute atomic E-state index is 0.0675. The average molecular weight is 397 g/mol. The topological polar surface area (TPSA) is 90.9 Å². The van der Waals surface area contributed by atoms with Gasteiger partial charge in [-0.1, -0.05) is 18.2 Å². The number of benzene rings is 1. The van der Waals surface area contributed by atoms with Gasteiger partial charge in [0.2, 0.25) is 0 Å². The van der Waals surface area contributed by atoms with E-state index in [0.717, 1.165) is 0 Å². The summed E-state index contributed by atoms with van der Waals surface area (Å²) in [5, 5.41) is 1.58. The molecule has 1 aromatic rings. The molecule has 1 aromatic carbocycles. The molecule has 0 heterocycles. The number of carbonyl (C=O) groups excluding carboxylic acids is 2. The van der Waals surface area contributed by atoms with Crippen LogP contribution in [0.15, 0.2) is 30.3 Å². The zero-order valence-corrected chi connectivity index (χ0v) is 15.0. The van der Waals surface area contributed by atoms with Gasteiger partial charge in [0.15, 0.2) is 6.10 Å². The highest BCUT2D eigenvalue weighted by Crippen LogP contribution is 2.49. The molecule has 0 saturated heterocycles. The van der Waals surface area contributed by atoms with Crippen LogP contribution in [0.3, 0.4) is 0 Å². The Morgan fingerprint density at radius 3 is 2.38 bits per heavy atom. The highest BCUT2D eigenvalue weighted by molar-refractivity contribution is 7.54. The minimum atomic E-state index is -5.07. The van der Waals surface area contributed by atoms with Crippen molar-refractivity contribution in [2.75, 3.05) is 19.3 Å². The van der Waals surface area contributed by atoms with Crippen molar-refractivity contribution >= 4 is 19.5 Å². The van der Waals surface area contributed by atoms with Crippen LogP contribution in [0.5, 0.6) is 5.75 Å². The van der Waals surface area contributed by atoms with Gasteiger partial charge < -0.3 is 14.6 Å². The van der Waals surface area contributed by atoms with Gasteiger partial charge in [0.25, 0.3) is 0 Å². The summed E-state index contributed by atoms with van der Waals surface area (Å²) in [4.78, 5) is 22.5. The number of alkyl halides is 3. The number of nitrogens with one attached hydrogen (secondary N) is 1. The van der Waals surface area contributed by atoms with E-state index in [0.29, 0.717) is 0 Å². The quantitative estimate of drug-likeness (QED) is 0.509. The molecule has 1 N–H and O–H groups in total. The Hall–Kier alpha value is -2.06. The Bertz CT molecular complexity index is 653. The fourth-order valence-corrected chi connectivity index (χ4v) is 3.35. The Balaban J connectivity index is 2.82. The first-order valence-electron chi connectivity index (χ1n) is 7.61. The van der Waals surface area contributed by atoms with Gasteiger partial charge in [0, 0.05) is 6.54 Å². The molecular weight excluding hydrogens is 378 g/mol. The monoisotopic (exact) mass is 397 g/mol. The molecule has 0 spiro atoms. The van der Waals surface area contributed by atoms with E-state index in [2.05, 4.69) is 0 Å². The van der Waals surface area contributed by atoms with E-state index >= 15 is 0 Å². The molecule has 1 amide bonds. The van der Waals surface area contributed by atoms with Gasteiger partial charge in [-0.3, -0.25) is 9.32 Å². The number of ether oxygens (including phenoxy) is 1. The Morgan fingerprint density at radius 1 is 1.23 bits per heavy atom. The van der Waals surface area contributed by atoms with Crippen LogP contribution in [-0.2, 0) is 23.4 Å². The molecule has 1 unspecified atom stereocenters. The van der Waals surface area contributed by atoms with Gasteiger partial charge in [-0.2, -0.15) is 13.2 Å². The van der Waals surface area contributed by atoms with E-state index in [4.69, 9.17) is 13.8 Å². The molecule has 1 rings (SSSR count). The lowest BCUT2D eigenvalue weighted by Crippen LogP contribution is -2.38. The van der Waals surface area contributed by atoms with E-state index in [1.54, 1.807) is 30.4 Å². The molecule has 7 nitrogen and oxygen atoms in total. The summed E-state index contributed by atoms with van der Waals surface area (Å²) in [5.74, 6) is -2.85. The molecule has 11 heteroatoms. The maximum Gasteiger partial charge on any atom is 0.471 e. The highest BCUT2D eigenvalue weighted by atomic mass is 31.2. The van der Waals surface area contributed by atoms with Crippen LogP contribution in [0.2, 0.25) is 0 Å². The van der Waals surface area contributed by atoms with E-state index in [9.17, 15) is 27.3 Å². The van der Waals surface area contributed by atoms with Gasteiger partial charge in [-0.05, 0) is 26.0 Å². The molecule has 0 aliphatic carbocycles. The van der Waals surface area contributed by atoms with Gasteiger partial charge in [0.1, 0.15) is 5.75 Å². The number of amides is 1. The van der Waals surface area contributed by atoms with Crippen molar-refractivity contribution in [3.8, 4) is 5.75 Å². The van der Waals surface area contributed by atoms with Crippen LogP contribution < -0.4 is 9.84 Å². The predicted molar refractivity (Wildman–Crippen MR) is 85.8 cm³/mol. The van der Waals surface area contributed by atoms with Crippen LogP contribution in [-0.4, -0.2) is 43.5 Å². The maximum absolute atomic E-state index is 12.8. The summed E-state index contributed by atoms with van der Waals surface area (Å²) < 4.78 is 64.6. The number of halogens is 3. The summed E-state index contributed by atoms with van der Waals surface area (Å²) in [6.07, 6.45) is -6.92. The molecule has 0 saturated carbocycles. The first kappa shape index (κ1) is 22.0. The zero-order chi connectivity index (χ0) is 19.8. The number of esters is 1. The van der Waals surface area contributed by atoms with Crippen LogP contribution in [0, 0.1) is 0 Å². The van der Waals surface area contributed by atoms with E-state index in [1.807, 2.05) is 0 Å². The zero-order valence-electron chi connectivity index (χ0n) is 14.1. The van der Waals surface area contributed by atoms with Crippen molar-refractivity contribution in [3.63, 3.8) is 0 Å². The van der Waals surface area contributed by atoms with Crippen molar-refractivity contribution in [1.29, 1.82) is 0 Å². The van der Waals surface area contributed by atoms with Crippen molar-refractivity contribution in [2.24, 2.45) is 0 Å². The number of hydrogen-bond donors (Lipinski definition) is 1. The fraction of sp³-hybridized carbons (Fsp3) is 0.467. The highest BCUT2D eigenvalue weighted by Gasteiger charge is 2.39. The van der Waals surface area contributed by atoms with Gasteiger partial charge in [-0.15, -0.1) is 0 Å². The lowest BCUT2D eigenvalue weighted by atomic mass is 10.3. The molecule has 0 aromatic heterocycles. The number of para-hydroxylation sites is 1. The van der Waals surface area contributed by atoms with E-state index in [1.165, 1.54) is 19.1 Å². The summed E-state index contributed by atoms with van der Waals surface area (Å²) in [5.41, 5.74) is 0. The second-order valence-electron chi connectivity index (χ2n) is 4.99. The second-order valence-corrected chi connectivity index (χ2v) is 7.05. The summed E-state index contributed by atoms with van der Waals surface area (Å²) >= 11 is 0. The number of rotatable bonds is 9.